The number of carbonyl (C=O) groups is 2. The van der Waals surface area contributed by atoms with Gasteiger partial charge in [0.25, 0.3) is 0 Å². The van der Waals surface area contributed by atoms with Crippen LogP contribution in [-0.2, 0) is 30.1 Å². The van der Waals surface area contributed by atoms with Crippen molar-refractivity contribution >= 4 is 39.1 Å². The van der Waals surface area contributed by atoms with Crippen LogP contribution in [0.15, 0.2) is 66.7 Å². The Labute approximate surface area is 222 Å². The van der Waals surface area contributed by atoms with Gasteiger partial charge >= 0.3 is 5.97 Å². The summed E-state index contributed by atoms with van der Waals surface area (Å²) in [6.07, 6.45) is 3.93. The van der Waals surface area contributed by atoms with Crippen LogP contribution in [0.1, 0.15) is 54.7 Å². The monoisotopic (exact) mass is 537 g/mol. The number of hydrogen-bond donors (Lipinski definition) is 1. The summed E-state index contributed by atoms with van der Waals surface area (Å²) in [7, 11) is -3.62. The maximum absolute atomic E-state index is 13.4. The molecule has 1 heterocycles. The molecule has 1 atom stereocenters. The number of carbonyl (C=O) groups excluding carboxylic acids is 2. The molecule has 3 aromatic carbocycles. The summed E-state index contributed by atoms with van der Waals surface area (Å²) in [5.74, 6) is -1.78. The van der Waals surface area contributed by atoms with E-state index in [0.717, 1.165) is 24.8 Å². The summed E-state index contributed by atoms with van der Waals surface area (Å²) < 4.78 is 33.7. The van der Waals surface area contributed by atoms with Gasteiger partial charge in [-0.15, -0.1) is 0 Å². The summed E-state index contributed by atoms with van der Waals surface area (Å²) in [5.41, 5.74) is 2.81. The zero-order valence-electron chi connectivity index (χ0n) is 20.5. The summed E-state index contributed by atoms with van der Waals surface area (Å²) in [6, 6.07) is 19.5. The maximum Gasteiger partial charge on any atom is 0.322 e. The standard InChI is InChI=1S/C29H28ClNO5S/c1-19-15-24(21-11-8-12-22(16-21)31-37(34,35)18-20-9-4-2-5-10-20)25(30)17-23(19)26-27(32)29(36-28(26)33)13-6-3-7-14-29/h2,4-5,8-12,15-17,26,31H,3,6-7,13-14,18H2,1H3. The smallest absolute Gasteiger partial charge is 0.322 e. The third-order valence-electron chi connectivity index (χ3n) is 7.22. The number of ketones is 1. The van der Waals surface area contributed by atoms with Crippen molar-refractivity contribution in [1.82, 2.24) is 0 Å². The molecule has 5 rings (SSSR count). The molecular weight excluding hydrogens is 510 g/mol. The molecule has 2 aliphatic rings. The molecule has 0 radical (unpaired) electrons. The third kappa shape index (κ3) is 5.15. The number of ether oxygens (including phenoxy) is 1. The molecule has 3 aromatic rings. The average Bonchev–Trinajstić information content (AvgIpc) is 3.09. The number of rotatable bonds is 6. The minimum atomic E-state index is -3.62. The number of benzene rings is 3. The minimum absolute atomic E-state index is 0.139. The van der Waals surface area contributed by atoms with Gasteiger partial charge in [0.2, 0.25) is 10.0 Å². The lowest BCUT2D eigenvalue weighted by atomic mass is 9.77. The van der Waals surface area contributed by atoms with E-state index in [1.807, 2.05) is 25.1 Å². The molecule has 2 fully saturated rings. The largest absolute Gasteiger partial charge is 0.450 e. The van der Waals surface area contributed by atoms with E-state index in [1.54, 1.807) is 48.5 Å². The van der Waals surface area contributed by atoms with E-state index in [0.29, 0.717) is 45.8 Å². The van der Waals surface area contributed by atoms with E-state index in [9.17, 15) is 18.0 Å². The molecule has 37 heavy (non-hydrogen) atoms. The van der Waals surface area contributed by atoms with E-state index in [-0.39, 0.29) is 11.5 Å². The quantitative estimate of drug-likeness (QED) is 0.300. The Morgan fingerprint density at radius 3 is 2.43 bits per heavy atom. The molecule has 1 saturated carbocycles. The van der Waals surface area contributed by atoms with Gasteiger partial charge < -0.3 is 4.74 Å². The molecule has 1 aliphatic carbocycles. The highest BCUT2D eigenvalue weighted by molar-refractivity contribution is 7.91. The molecule has 8 heteroatoms. The molecule has 1 aliphatic heterocycles. The van der Waals surface area contributed by atoms with Gasteiger partial charge in [0.05, 0.1) is 5.75 Å². The first-order valence-electron chi connectivity index (χ1n) is 12.4. The van der Waals surface area contributed by atoms with Crippen LogP contribution in [0.2, 0.25) is 5.02 Å². The number of esters is 1. The summed E-state index contributed by atoms with van der Waals surface area (Å²) in [6.45, 7) is 1.84. The predicted molar refractivity (Wildman–Crippen MR) is 144 cm³/mol. The van der Waals surface area contributed by atoms with Gasteiger partial charge in [0, 0.05) is 16.3 Å². The Morgan fingerprint density at radius 2 is 1.70 bits per heavy atom. The zero-order chi connectivity index (χ0) is 26.2. The number of halogens is 1. The van der Waals surface area contributed by atoms with Crippen molar-refractivity contribution < 1.29 is 22.7 Å². The van der Waals surface area contributed by atoms with Crippen molar-refractivity contribution in [2.45, 2.75) is 56.3 Å². The van der Waals surface area contributed by atoms with Crippen molar-refractivity contribution in [1.29, 1.82) is 0 Å². The topological polar surface area (TPSA) is 89.5 Å². The van der Waals surface area contributed by atoms with Crippen molar-refractivity contribution in [3.8, 4) is 11.1 Å². The lowest BCUT2D eigenvalue weighted by Crippen LogP contribution is -2.39. The predicted octanol–water partition coefficient (Wildman–Crippen LogP) is 6.17. The summed E-state index contributed by atoms with van der Waals surface area (Å²) in [5, 5.41) is 0.370. The number of sulfonamides is 1. The molecule has 6 nitrogen and oxygen atoms in total. The van der Waals surface area contributed by atoms with Gasteiger partial charge in [-0.1, -0.05) is 60.5 Å². The number of Topliss-reactive ketones (excluding diaryl/α,β-unsaturated/α-hetero) is 1. The van der Waals surface area contributed by atoms with Crippen LogP contribution < -0.4 is 4.72 Å². The molecule has 1 unspecified atom stereocenters. The Hall–Kier alpha value is -3.16. The van der Waals surface area contributed by atoms with Crippen LogP contribution in [0.3, 0.4) is 0 Å². The second-order valence-electron chi connectivity index (χ2n) is 9.89. The average molecular weight is 538 g/mol. The van der Waals surface area contributed by atoms with Gasteiger partial charge in [-0.25, -0.2) is 8.42 Å². The van der Waals surface area contributed by atoms with Gasteiger partial charge in [0.15, 0.2) is 11.4 Å². The highest BCUT2D eigenvalue weighted by Gasteiger charge is 2.56. The lowest BCUT2D eigenvalue weighted by Gasteiger charge is -2.29. The summed E-state index contributed by atoms with van der Waals surface area (Å²) in [4.78, 5) is 26.2. The normalized spacial score (nSPS) is 19.1. The van der Waals surface area contributed by atoms with Gasteiger partial charge in [-0.2, -0.15) is 0 Å². The molecule has 0 amide bonds. The number of nitrogens with one attached hydrogen (secondary N) is 1. The van der Waals surface area contributed by atoms with Crippen LogP contribution >= 0.6 is 11.6 Å². The fourth-order valence-electron chi connectivity index (χ4n) is 5.40. The Bertz CT molecular complexity index is 1460. The second kappa shape index (κ2) is 9.95. The first-order valence-corrected chi connectivity index (χ1v) is 14.4. The van der Waals surface area contributed by atoms with Crippen molar-refractivity contribution in [2.24, 2.45) is 0 Å². The van der Waals surface area contributed by atoms with E-state index >= 15 is 0 Å². The maximum atomic E-state index is 13.4. The Morgan fingerprint density at radius 1 is 0.973 bits per heavy atom. The summed E-state index contributed by atoms with van der Waals surface area (Å²) >= 11 is 6.68. The van der Waals surface area contributed by atoms with E-state index in [1.165, 1.54) is 0 Å². The first kappa shape index (κ1) is 25.5. The number of hydrogen-bond acceptors (Lipinski definition) is 5. The van der Waals surface area contributed by atoms with Gasteiger partial charge in [-0.05, 0) is 79.1 Å². The van der Waals surface area contributed by atoms with Gasteiger partial charge in [-0.3, -0.25) is 14.3 Å². The lowest BCUT2D eigenvalue weighted by molar-refractivity contribution is -0.154. The van der Waals surface area contributed by atoms with E-state index < -0.39 is 27.5 Å². The van der Waals surface area contributed by atoms with Crippen LogP contribution in [0.5, 0.6) is 0 Å². The SMILES string of the molecule is Cc1cc(-c2cccc(NS(=O)(=O)Cc3ccccc3)c2)c(Cl)cc1C1C(=O)OC2(CCCCC2)C1=O. The minimum Gasteiger partial charge on any atom is -0.450 e. The highest BCUT2D eigenvalue weighted by atomic mass is 35.5. The second-order valence-corrected chi connectivity index (χ2v) is 12.0. The number of aryl methyl sites for hydroxylation is 1. The fraction of sp³-hybridized carbons (Fsp3) is 0.310. The third-order valence-corrected chi connectivity index (χ3v) is 8.79. The van der Waals surface area contributed by atoms with Crippen LogP contribution in [0, 0.1) is 6.92 Å². The van der Waals surface area contributed by atoms with Gasteiger partial charge in [0.1, 0.15) is 5.92 Å². The van der Waals surface area contributed by atoms with Crippen LogP contribution in [0.4, 0.5) is 5.69 Å². The first-order chi connectivity index (χ1) is 17.7. The molecule has 1 N–H and O–H groups in total. The molecule has 192 valence electrons. The Balaban J connectivity index is 1.41. The van der Waals surface area contributed by atoms with E-state index in [2.05, 4.69) is 4.72 Å². The van der Waals surface area contributed by atoms with E-state index in [4.69, 9.17) is 16.3 Å². The van der Waals surface area contributed by atoms with Crippen molar-refractivity contribution in [3.05, 3.63) is 88.4 Å². The molecule has 1 saturated heterocycles. The number of anilines is 1. The van der Waals surface area contributed by atoms with Crippen molar-refractivity contribution in [3.63, 3.8) is 0 Å². The molecule has 1 spiro atoms. The molecule has 0 aromatic heterocycles. The molecule has 0 bridgehead atoms. The fourth-order valence-corrected chi connectivity index (χ4v) is 6.87. The Kier molecular flexibility index (Phi) is 6.86. The van der Waals surface area contributed by atoms with Crippen molar-refractivity contribution in [2.75, 3.05) is 4.72 Å². The molecular formula is C29H28ClNO5S. The zero-order valence-corrected chi connectivity index (χ0v) is 22.1. The highest BCUT2D eigenvalue weighted by Crippen LogP contribution is 2.45. The van der Waals surface area contributed by atoms with Crippen LogP contribution in [-0.4, -0.2) is 25.8 Å². The van der Waals surface area contributed by atoms with Crippen LogP contribution in [0.25, 0.3) is 11.1 Å².